The summed E-state index contributed by atoms with van der Waals surface area (Å²) in [5.74, 6) is 0.700. The smallest absolute Gasteiger partial charge is 0.159 e. The van der Waals surface area contributed by atoms with E-state index in [9.17, 15) is 0 Å². The van der Waals surface area contributed by atoms with Gasteiger partial charge in [0.05, 0.1) is 41.0 Å². The van der Waals surface area contributed by atoms with Crippen LogP contribution in [0.25, 0.3) is 55.8 Å². The van der Waals surface area contributed by atoms with Crippen LogP contribution in [0.4, 0.5) is 0 Å². The highest BCUT2D eigenvalue weighted by molar-refractivity contribution is 5.97. The number of H-pyrrole nitrogens is 2. The van der Waals surface area contributed by atoms with Gasteiger partial charge in [-0.05, 0) is 30.3 Å². The van der Waals surface area contributed by atoms with E-state index in [1.165, 1.54) is 0 Å². The van der Waals surface area contributed by atoms with Gasteiger partial charge in [-0.25, -0.2) is 4.98 Å². The summed E-state index contributed by atoms with van der Waals surface area (Å²) in [4.78, 5) is 17.0. The molecule has 0 aliphatic rings. The Kier molecular flexibility index (Phi) is 3.33. The van der Waals surface area contributed by atoms with Gasteiger partial charge in [-0.1, -0.05) is 12.1 Å². The van der Waals surface area contributed by atoms with Crippen LogP contribution < -0.4 is 0 Å². The second-order valence-electron chi connectivity index (χ2n) is 6.73. The lowest BCUT2D eigenvalue weighted by molar-refractivity contribution is 0.568. The summed E-state index contributed by atoms with van der Waals surface area (Å²) in [6, 6.07) is 13.9. The van der Waals surface area contributed by atoms with Crippen molar-refractivity contribution in [3.05, 3.63) is 73.6 Å². The second-order valence-corrected chi connectivity index (χ2v) is 6.73. The Hall–Kier alpha value is -4.26. The quantitative estimate of drug-likeness (QED) is 0.460. The third kappa shape index (κ3) is 2.52. The molecule has 0 saturated carbocycles. The van der Waals surface area contributed by atoms with E-state index >= 15 is 0 Å². The second kappa shape index (κ2) is 6.13. The molecule has 5 heterocycles. The van der Waals surface area contributed by atoms with Crippen molar-refractivity contribution in [3.8, 4) is 33.9 Å². The number of nitrogens with one attached hydrogen (secondary N) is 2. The van der Waals surface area contributed by atoms with Crippen LogP contribution in [-0.4, -0.2) is 30.1 Å². The lowest BCUT2D eigenvalue weighted by atomic mass is 10.1. The number of hydrogen-bond donors (Lipinski definition) is 2. The zero-order valence-corrected chi connectivity index (χ0v) is 15.1. The highest BCUT2D eigenvalue weighted by Crippen LogP contribution is 2.32. The van der Waals surface area contributed by atoms with E-state index in [-0.39, 0.29) is 0 Å². The number of pyridine rings is 2. The SMILES string of the molecule is c1cncc(-c2cc3c(-c4nc5c(-c6ccoc6)cccc5[nH]4)n[nH]c3cn2)c1. The molecule has 0 bridgehead atoms. The first-order valence-electron chi connectivity index (χ1n) is 9.13. The minimum atomic E-state index is 0.700. The lowest BCUT2D eigenvalue weighted by Gasteiger charge is -2.00. The molecule has 6 aromatic rings. The topological polar surface area (TPSA) is 96.3 Å². The summed E-state index contributed by atoms with van der Waals surface area (Å²) in [7, 11) is 0. The molecule has 1 aromatic carbocycles. The van der Waals surface area contributed by atoms with Gasteiger partial charge in [-0.2, -0.15) is 5.10 Å². The summed E-state index contributed by atoms with van der Waals surface area (Å²) in [5.41, 5.74) is 7.21. The van der Waals surface area contributed by atoms with Crippen molar-refractivity contribution in [1.82, 2.24) is 30.1 Å². The molecule has 5 aromatic heterocycles. The Morgan fingerprint density at radius 1 is 0.931 bits per heavy atom. The molecular weight excluding hydrogens is 364 g/mol. The van der Waals surface area contributed by atoms with Gasteiger partial charge in [-0.3, -0.25) is 15.1 Å². The molecule has 0 spiro atoms. The fourth-order valence-corrected chi connectivity index (χ4v) is 3.56. The molecule has 0 atom stereocenters. The van der Waals surface area contributed by atoms with E-state index in [2.05, 4.69) is 25.1 Å². The molecule has 6 rings (SSSR count). The van der Waals surface area contributed by atoms with Crippen molar-refractivity contribution >= 4 is 21.9 Å². The number of nitrogens with zero attached hydrogens (tertiary/aromatic N) is 4. The molecular formula is C22H14N6O. The standard InChI is InChI=1S/C22H14N6O/c1-4-15(14-6-8-29-12-14)20-17(5-1)25-22(26-20)21-16-9-18(13-3-2-7-23-10-13)24-11-19(16)27-28-21/h1-12H,(H,25,26)(H,27,28). The number of rotatable bonds is 3. The van der Waals surface area contributed by atoms with Crippen LogP contribution in [0.1, 0.15) is 0 Å². The number of furan rings is 1. The van der Waals surface area contributed by atoms with Crippen LogP contribution >= 0.6 is 0 Å². The molecule has 29 heavy (non-hydrogen) atoms. The summed E-state index contributed by atoms with van der Waals surface area (Å²) < 4.78 is 5.24. The van der Waals surface area contributed by atoms with Crippen molar-refractivity contribution in [1.29, 1.82) is 0 Å². The number of benzene rings is 1. The van der Waals surface area contributed by atoms with Crippen LogP contribution in [0.15, 0.2) is 78.0 Å². The van der Waals surface area contributed by atoms with Gasteiger partial charge in [0.1, 0.15) is 5.69 Å². The third-order valence-corrected chi connectivity index (χ3v) is 4.97. The molecule has 0 unspecified atom stereocenters. The number of para-hydroxylation sites is 1. The van der Waals surface area contributed by atoms with E-state index in [1.807, 2.05) is 42.5 Å². The van der Waals surface area contributed by atoms with Crippen molar-refractivity contribution in [3.63, 3.8) is 0 Å². The zero-order chi connectivity index (χ0) is 19.2. The first kappa shape index (κ1) is 15.8. The summed E-state index contributed by atoms with van der Waals surface area (Å²) in [5, 5.41) is 8.49. The van der Waals surface area contributed by atoms with E-state index in [0.717, 1.165) is 50.0 Å². The third-order valence-electron chi connectivity index (χ3n) is 4.97. The van der Waals surface area contributed by atoms with E-state index in [0.29, 0.717) is 5.82 Å². The molecule has 138 valence electrons. The highest BCUT2D eigenvalue weighted by Gasteiger charge is 2.16. The Labute approximate surface area is 164 Å². The van der Waals surface area contributed by atoms with Gasteiger partial charge in [-0.15, -0.1) is 0 Å². The Morgan fingerprint density at radius 3 is 2.79 bits per heavy atom. The van der Waals surface area contributed by atoms with E-state index < -0.39 is 0 Å². The molecule has 7 nitrogen and oxygen atoms in total. The van der Waals surface area contributed by atoms with Crippen LogP contribution in [0.3, 0.4) is 0 Å². The summed E-state index contributed by atoms with van der Waals surface area (Å²) in [6.07, 6.45) is 8.71. The minimum absolute atomic E-state index is 0.700. The highest BCUT2D eigenvalue weighted by atomic mass is 16.3. The van der Waals surface area contributed by atoms with Gasteiger partial charge >= 0.3 is 0 Å². The van der Waals surface area contributed by atoms with Gasteiger partial charge in [0.25, 0.3) is 0 Å². The monoisotopic (exact) mass is 378 g/mol. The van der Waals surface area contributed by atoms with Crippen LogP contribution in [-0.2, 0) is 0 Å². The first-order valence-corrected chi connectivity index (χ1v) is 9.13. The Bertz CT molecular complexity index is 1450. The van der Waals surface area contributed by atoms with Crippen molar-refractivity contribution in [2.75, 3.05) is 0 Å². The van der Waals surface area contributed by atoms with Gasteiger partial charge < -0.3 is 9.40 Å². The Morgan fingerprint density at radius 2 is 1.93 bits per heavy atom. The van der Waals surface area contributed by atoms with E-state index in [4.69, 9.17) is 9.40 Å². The largest absolute Gasteiger partial charge is 0.472 e. The van der Waals surface area contributed by atoms with Gasteiger partial charge in [0.2, 0.25) is 0 Å². The normalized spacial score (nSPS) is 11.4. The van der Waals surface area contributed by atoms with Gasteiger partial charge in [0.15, 0.2) is 5.82 Å². The minimum Gasteiger partial charge on any atom is -0.472 e. The summed E-state index contributed by atoms with van der Waals surface area (Å²) >= 11 is 0. The van der Waals surface area contributed by atoms with Crippen molar-refractivity contribution in [2.24, 2.45) is 0 Å². The van der Waals surface area contributed by atoms with E-state index in [1.54, 1.807) is 31.1 Å². The Balaban J connectivity index is 1.53. The zero-order valence-electron chi connectivity index (χ0n) is 15.1. The molecule has 0 saturated heterocycles. The average Bonchev–Trinajstić information content (AvgIpc) is 3.52. The number of fused-ring (bicyclic) bond motifs is 2. The van der Waals surface area contributed by atoms with Crippen molar-refractivity contribution in [2.45, 2.75) is 0 Å². The maximum atomic E-state index is 5.24. The molecule has 7 heteroatoms. The lowest BCUT2D eigenvalue weighted by Crippen LogP contribution is -1.85. The molecule has 0 amide bonds. The molecule has 0 fully saturated rings. The maximum Gasteiger partial charge on any atom is 0.159 e. The number of aromatic nitrogens is 6. The summed E-state index contributed by atoms with van der Waals surface area (Å²) in [6.45, 7) is 0. The number of aromatic amines is 2. The predicted molar refractivity (Wildman–Crippen MR) is 110 cm³/mol. The molecule has 0 radical (unpaired) electrons. The fourth-order valence-electron chi connectivity index (χ4n) is 3.56. The maximum absolute atomic E-state index is 5.24. The number of hydrogen-bond acceptors (Lipinski definition) is 5. The van der Waals surface area contributed by atoms with Crippen molar-refractivity contribution < 1.29 is 4.42 Å². The van der Waals surface area contributed by atoms with Crippen LogP contribution in [0.2, 0.25) is 0 Å². The van der Waals surface area contributed by atoms with Crippen LogP contribution in [0, 0.1) is 0 Å². The fraction of sp³-hybridized carbons (Fsp3) is 0. The molecule has 0 aliphatic heterocycles. The average molecular weight is 378 g/mol. The van der Waals surface area contributed by atoms with Gasteiger partial charge in [0, 0.05) is 34.5 Å². The molecule has 2 N–H and O–H groups in total. The molecule has 0 aliphatic carbocycles. The van der Waals surface area contributed by atoms with Crippen LogP contribution in [0.5, 0.6) is 0 Å². The predicted octanol–water partition coefficient (Wildman–Crippen LogP) is 4.82. The number of imidazole rings is 1. The first-order chi connectivity index (χ1) is 14.4.